The number of aromatic nitrogens is 1. The molecule has 0 saturated carbocycles. The van der Waals surface area contributed by atoms with Gasteiger partial charge in [-0.05, 0) is 12.8 Å². The molecule has 8 heteroatoms. The van der Waals surface area contributed by atoms with Gasteiger partial charge in [0.1, 0.15) is 5.76 Å². The van der Waals surface area contributed by atoms with Crippen LogP contribution in [0.2, 0.25) is 0 Å². The van der Waals surface area contributed by atoms with Gasteiger partial charge >= 0.3 is 0 Å². The van der Waals surface area contributed by atoms with E-state index in [0.717, 1.165) is 11.3 Å². The van der Waals surface area contributed by atoms with Crippen LogP contribution in [-0.4, -0.2) is 54.6 Å². The number of sulfonamides is 1. The number of fused-ring (bicyclic) bond motifs is 1. The molecule has 7 nitrogen and oxygen atoms in total. The monoisotopic (exact) mass is 313 g/mol. The van der Waals surface area contributed by atoms with Gasteiger partial charge in [0.15, 0.2) is 0 Å². The van der Waals surface area contributed by atoms with Crippen molar-refractivity contribution in [2.45, 2.75) is 25.8 Å². The maximum absolute atomic E-state index is 12.5. The summed E-state index contributed by atoms with van der Waals surface area (Å²) in [5.41, 5.74) is 0.975. The van der Waals surface area contributed by atoms with Gasteiger partial charge in [0.25, 0.3) is 0 Å². The zero-order valence-corrected chi connectivity index (χ0v) is 12.8. The molecule has 0 radical (unpaired) electrons. The topological polar surface area (TPSA) is 83.7 Å². The molecule has 0 aliphatic carbocycles. The van der Waals surface area contributed by atoms with Gasteiger partial charge in [0.05, 0.1) is 19.0 Å². The summed E-state index contributed by atoms with van der Waals surface area (Å²) in [5, 5.41) is 3.76. The summed E-state index contributed by atoms with van der Waals surface area (Å²) in [6.07, 6.45) is 4.77. The van der Waals surface area contributed by atoms with Gasteiger partial charge < -0.3 is 9.42 Å². The molecule has 21 heavy (non-hydrogen) atoms. The minimum Gasteiger partial charge on any atom is -0.361 e. The Morgan fingerprint density at radius 1 is 1.33 bits per heavy atom. The molecule has 0 N–H and O–H groups in total. The number of amides is 1. The highest BCUT2D eigenvalue weighted by Gasteiger charge is 2.33. The molecule has 0 aromatic carbocycles. The Bertz CT molecular complexity index is 632. The molecule has 2 aliphatic rings. The van der Waals surface area contributed by atoms with Crippen LogP contribution >= 0.6 is 0 Å². The average molecular weight is 313 g/mol. The van der Waals surface area contributed by atoms with Gasteiger partial charge in [-0.1, -0.05) is 5.16 Å². The third kappa shape index (κ3) is 2.96. The van der Waals surface area contributed by atoms with Gasteiger partial charge in [0, 0.05) is 37.5 Å². The fourth-order valence-electron chi connectivity index (χ4n) is 3.02. The lowest BCUT2D eigenvalue weighted by Crippen LogP contribution is -2.45. The Labute approximate surface area is 123 Å². The minimum atomic E-state index is -3.14. The zero-order chi connectivity index (χ0) is 15.0. The van der Waals surface area contributed by atoms with Crippen molar-refractivity contribution in [1.82, 2.24) is 14.4 Å². The van der Waals surface area contributed by atoms with Crippen LogP contribution in [0.1, 0.15) is 24.2 Å². The van der Waals surface area contributed by atoms with E-state index in [9.17, 15) is 13.2 Å². The first-order valence-corrected chi connectivity index (χ1v) is 8.96. The van der Waals surface area contributed by atoms with Gasteiger partial charge in [-0.2, -0.15) is 0 Å². The molecule has 1 saturated heterocycles. The average Bonchev–Trinajstić information content (AvgIpc) is 2.93. The number of piperidine rings is 1. The summed E-state index contributed by atoms with van der Waals surface area (Å²) in [7, 11) is -3.14. The number of nitrogens with zero attached hydrogens (tertiary/aromatic N) is 3. The molecule has 1 fully saturated rings. The number of rotatable bonds is 2. The van der Waals surface area contributed by atoms with Gasteiger partial charge in [-0.25, -0.2) is 12.7 Å². The largest absolute Gasteiger partial charge is 0.361 e. The van der Waals surface area contributed by atoms with E-state index in [2.05, 4.69) is 5.16 Å². The molecule has 0 atom stereocenters. The maximum atomic E-state index is 12.5. The normalized spacial score (nSPS) is 21.3. The van der Waals surface area contributed by atoms with Crippen LogP contribution in [-0.2, 0) is 27.8 Å². The summed E-state index contributed by atoms with van der Waals surface area (Å²) in [5.74, 6) is 0.908. The Morgan fingerprint density at radius 3 is 2.71 bits per heavy atom. The van der Waals surface area contributed by atoms with E-state index >= 15 is 0 Å². The molecule has 1 aromatic heterocycles. The number of carbonyl (C=O) groups is 1. The second-order valence-electron chi connectivity index (χ2n) is 5.72. The summed E-state index contributed by atoms with van der Waals surface area (Å²) in [4.78, 5) is 14.4. The van der Waals surface area contributed by atoms with E-state index in [-0.39, 0.29) is 11.8 Å². The molecule has 3 rings (SSSR count). The molecule has 3 heterocycles. The quantitative estimate of drug-likeness (QED) is 0.780. The minimum absolute atomic E-state index is 0.0792. The Hall–Kier alpha value is -1.41. The molecular formula is C13H19N3O4S. The standard InChI is InChI=1S/C13H19N3O4S/c1-21(18,19)16-6-2-10(3-7-16)13(17)15-5-4-12-11(9-15)8-14-20-12/h8,10H,2-7,9H2,1H3. The fourth-order valence-corrected chi connectivity index (χ4v) is 3.90. The molecule has 2 aliphatic heterocycles. The second kappa shape index (κ2) is 5.42. The van der Waals surface area contributed by atoms with Gasteiger partial charge in [-0.15, -0.1) is 0 Å². The summed E-state index contributed by atoms with van der Waals surface area (Å²) >= 11 is 0. The van der Waals surface area contributed by atoms with Crippen molar-refractivity contribution in [3.63, 3.8) is 0 Å². The van der Waals surface area contributed by atoms with Crippen molar-refractivity contribution in [1.29, 1.82) is 0 Å². The molecule has 0 bridgehead atoms. The molecule has 1 aromatic rings. The Kier molecular flexibility index (Phi) is 3.75. The van der Waals surface area contributed by atoms with E-state index in [1.54, 1.807) is 6.20 Å². The summed E-state index contributed by atoms with van der Waals surface area (Å²) < 4.78 is 29.5. The van der Waals surface area contributed by atoms with E-state index in [1.807, 2.05) is 4.90 Å². The fraction of sp³-hybridized carbons (Fsp3) is 0.692. The summed E-state index contributed by atoms with van der Waals surface area (Å²) in [6, 6.07) is 0. The number of hydrogen-bond donors (Lipinski definition) is 0. The van der Waals surface area contributed by atoms with E-state index in [0.29, 0.717) is 45.4 Å². The lowest BCUT2D eigenvalue weighted by Gasteiger charge is -2.34. The van der Waals surface area contributed by atoms with Crippen LogP contribution in [0.15, 0.2) is 10.7 Å². The van der Waals surface area contributed by atoms with Crippen molar-refractivity contribution in [3.05, 3.63) is 17.5 Å². The van der Waals surface area contributed by atoms with Crippen molar-refractivity contribution >= 4 is 15.9 Å². The maximum Gasteiger partial charge on any atom is 0.226 e. The SMILES string of the molecule is CS(=O)(=O)N1CCC(C(=O)N2CCc3oncc3C2)CC1. The van der Waals surface area contributed by atoms with Crippen molar-refractivity contribution in [2.24, 2.45) is 5.92 Å². The lowest BCUT2D eigenvalue weighted by atomic mass is 9.95. The predicted molar refractivity (Wildman–Crippen MR) is 74.8 cm³/mol. The first-order valence-electron chi connectivity index (χ1n) is 7.11. The zero-order valence-electron chi connectivity index (χ0n) is 12.0. The molecule has 1 amide bonds. The van der Waals surface area contributed by atoms with Crippen LogP contribution < -0.4 is 0 Å². The third-order valence-electron chi connectivity index (χ3n) is 4.28. The molecule has 0 unspecified atom stereocenters. The van der Waals surface area contributed by atoms with E-state index < -0.39 is 10.0 Å². The molecular weight excluding hydrogens is 294 g/mol. The van der Waals surface area contributed by atoms with Crippen LogP contribution in [0.3, 0.4) is 0 Å². The van der Waals surface area contributed by atoms with Crippen molar-refractivity contribution in [3.8, 4) is 0 Å². The highest BCUT2D eigenvalue weighted by molar-refractivity contribution is 7.88. The Balaban J connectivity index is 1.60. The molecule has 0 spiro atoms. The third-order valence-corrected chi connectivity index (χ3v) is 5.59. The highest BCUT2D eigenvalue weighted by Crippen LogP contribution is 2.25. The number of carbonyl (C=O) groups excluding carboxylic acids is 1. The first-order chi connectivity index (χ1) is 9.95. The van der Waals surface area contributed by atoms with Crippen LogP contribution in [0, 0.1) is 5.92 Å². The van der Waals surface area contributed by atoms with Crippen LogP contribution in [0.5, 0.6) is 0 Å². The second-order valence-corrected chi connectivity index (χ2v) is 7.70. The smallest absolute Gasteiger partial charge is 0.226 e. The van der Waals surface area contributed by atoms with Gasteiger partial charge in [0.2, 0.25) is 15.9 Å². The van der Waals surface area contributed by atoms with E-state index in [1.165, 1.54) is 10.6 Å². The summed E-state index contributed by atoms with van der Waals surface area (Å²) in [6.45, 7) is 2.06. The first kappa shape index (κ1) is 14.5. The highest BCUT2D eigenvalue weighted by atomic mass is 32.2. The predicted octanol–water partition coefficient (Wildman–Crippen LogP) is 0.231. The van der Waals surface area contributed by atoms with Crippen molar-refractivity contribution in [2.75, 3.05) is 25.9 Å². The van der Waals surface area contributed by atoms with Crippen LogP contribution in [0.25, 0.3) is 0 Å². The van der Waals surface area contributed by atoms with Crippen LogP contribution in [0.4, 0.5) is 0 Å². The lowest BCUT2D eigenvalue weighted by molar-refractivity contribution is -0.137. The Morgan fingerprint density at radius 2 is 2.05 bits per heavy atom. The molecule has 116 valence electrons. The van der Waals surface area contributed by atoms with Gasteiger partial charge in [-0.3, -0.25) is 4.79 Å². The van der Waals surface area contributed by atoms with Crippen molar-refractivity contribution < 1.29 is 17.7 Å². The van der Waals surface area contributed by atoms with E-state index in [4.69, 9.17) is 4.52 Å². The number of hydrogen-bond acceptors (Lipinski definition) is 5.